The first-order valence-electron chi connectivity index (χ1n) is 17.1. The fourth-order valence-electron chi connectivity index (χ4n) is 13.6. The van der Waals surface area contributed by atoms with Gasteiger partial charge in [0.2, 0.25) is 0 Å². The Labute approximate surface area is 259 Å². The summed E-state index contributed by atoms with van der Waals surface area (Å²) in [5, 5.41) is 11.0. The molecule has 1 saturated heterocycles. The first kappa shape index (κ1) is 30.3. The summed E-state index contributed by atoms with van der Waals surface area (Å²) in [7, 11) is -4.67. The molecule has 0 radical (unpaired) electrons. The van der Waals surface area contributed by atoms with E-state index in [9.17, 15) is 18.1 Å². The van der Waals surface area contributed by atoms with Crippen molar-refractivity contribution >= 4 is 10.4 Å². The Morgan fingerprint density at radius 3 is 2.09 bits per heavy atom. The van der Waals surface area contributed by atoms with Crippen LogP contribution in [-0.2, 0) is 27.0 Å². The second kappa shape index (κ2) is 9.15. The van der Waals surface area contributed by atoms with E-state index in [-0.39, 0.29) is 44.7 Å². The van der Waals surface area contributed by atoms with Crippen LogP contribution < -0.4 is 4.18 Å². The second-order valence-corrected chi connectivity index (χ2v) is 18.7. The Bertz CT molecular complexity index is 1440. The second-order valence-electron chi connectivity index (χ2n) is 17.7. The molecule has 2 N–H and O–H groups in total. The third-order valence-corrected chi connectivity index (χ3v) is 15.7. The van der Waals surface area contributed by atoms with Crippen molar-refractivity contribution < 1.29 is 27.0 Å². The van der Waals surface area contributed by atoms with E-state index >= 15 is 0 Å². The van der Waals surface area contributed by atoms with E-state index < -0.39 is 10.4 Å². The van der Waals surface area contributed by atoms with Gasteiger partial charge in [-0.1, -0.05) is 48.0 Å². The van der Waals surface area contributed by atoms with Crippen LogP contribution >= 0.6 is 0 Å². The third kappa shape index (κ3) is 4.11. The smallest absolute Gasteiger partial charge is 0.446 e. The van der Waals surface area contributed by atoms with E-state index in [0.717, 1.165) is 36.8 Å². The number of hydrogen-bond donors (Lipinski definition) is 2. The maximum Gasteiger partial charge on any atom is 0.446 e. The molecule has 0 unspecified atom stereocenters. The highest BCUT2D eigenvalue weighted by Crippen LogP contribution is 2.75. The number of phenols is 1. The summed E-state index contributed by atoms with van der Waals surface area (Å²) >= 11 is 0. The molecule has 7 rings (SSSR count). The molecular weight excluding hydrogens is 560 g/mol. The van der Waals surface area contributed by atoms with E-state index in [1.165, 1.54) is 57.1 Å². The number of rotatable bonds is 2. The van der Waals surface area contributed by atoms with Gasteiger partial charge in [0.15, 0.2) is 0 Å². The van der Waals surface area contributed by atoms with Crippen molar-refractivity contribution in [3.05, 3.63) is 23.3 Å². The molecule has 7 heteroatoms. The summed E-state index contributed by atoms with van der Waals surface area (Å²) < 4.78 is 45.7. The van der Waals surface area contributed by atoms with E-state index in [4.69, 9.17) is 8.92 Å². The normalized spacial score (nSPS) is 48.4. The number of phenolic OH excluding ortho intramolecular Hbond substituents is 1. The predicted octanol–water partition coefficient (Wildman–Crippen LogP) is 8.40. The van der Waals surface area contributed by atoms with Crippen LogP contribution in [0.1, 0.15) is 130 Å². The number of ether oxygens (including phenoxy) is 1. The average Bonchev–Trinajstić information content (AvgIpc) is 3.15. The van der Waals surface area contributed by atoms with Crippen LogP contribution in [0.15, 0.2) is 12.1 Å². The summed E-state index contributed by atoms with van der Waals surface area (Å²) in [6, 6.07) is 3.03. The average molecular weight is 615 g/mol. The summed E-state index contributed by atoms with van der Waals surface area (Å²) in [6.07, 6.45) is 13.9. The van der Waals surface area contributed by atoms with Crippen LogP contribution in [-0.4, -0.2) is 29.8 Å². The molecule has 240 valence electrons. The molecule has 6 aliphatic rings. The highest BCUT2D eigenvalue weighted by molar-refractivity contribution is 7.81. The molecule has 1 aromatic rings. The number of benzene rings is 1. The Morgan fingerprint density at radius 2 is 1.37 bits per heavy atom. The Balaban J connectivity index is 1.23. The number of fused-ring (bicyclic) bond motifs is 10. The third-order valence-electron chi connectivity index (χ3n) is 15.3. The summed E-state index contributed by atoms with van der Waals surface area (Å²) in [4.78, 5) is 0. The van der Waals surface area contributed by atoms with Gasteiger partial charge in [-0.2, -0.15) is 8.42 Å². The zero-order valence-electron chi connectivity index (χ0n) is 27.5. The molecular formula is C36H54O6S. The monoisotopic (exact) mass is 614 g/mol. The summed E-state index contributed by atoms with van der Waals surface area (Å²) in [6.45, 7) is 17.3. The van der Waals surface area contributed by atoms with Crippen LogP contribution in [0.3, 0.4) is 0 Å². The SMILES string of the molecule is CC1(C)CCC[C@]2(C)O[C@H]3CC[C@@]4(C)[C@@H](CC[C@]5(C)[C@@H]4CC[C@]4(C)c6c(OS(=O)(=O)O)ccc(O)c6C[C@@H]54)[C@]3(C)CC[C@@H]12. The molecule has 4 saturated carbocycles. The minimum Gasteiger partial charge on any atom is -0.508 e. The quantitative estimate of drug-likeness (QED) is 0.325. The lowest BCUT2D eigenvalue weighted by molar-refractivity contribution is -0.240. The van der Waals surface area contributed by atoms with Crippen molar-refractivity contribution in [3.8, 4) is 11.5 Å². The summed E-state index contributed by atoms with van der Waals surface area (Å²) in [5.74, 6) is 2.41. The molecule has 1 aromatic carbocycles. The molecule has 0 amide bonds. The first-order valence-corrected chi connectivity index (χ1v) is 18.4. The van der Waals surface area contributed by atoms with Gasteiger partial charge in [0.1, 0.15) is 11.5 Å². The molecule has 0 spiro atoms. The molecule has 5 fully saturated rings. The number of aromatic hydroxyl groups is 1. The van der Waals surface area contributed by atoms with Gasteiger partial charge in [-0.05, 0) is 135 Å². The number of hydrogen-bond acceptors (Lipinski definition) is 5. The zero-order chi connectivity index (χ0) is 31.0. The van der Waals surface area contributed by atoms with Crippen LogP contribution in [0, 0.1) is 45.3 Å². The van der Waals surface area contributed by atoms with E-state index in [0.29, 0.717) is 35.7 Å². The Kier molecular flexibility index (Phi) is 6.46. The largest absolute Gasteiger partial charge is 0.508 e. The van der Waals surface area contributed by atoms with Gasteiger partial charge in [0.25, 0.3) is 0 Å². The minimum absolute atomic E-state index is 0.0206. The van der Waals surface area contributed by atoms with Crippen LogP contribution in [0.4, 0.5) is 0 Å². The maximum atomic E-state index is 11.8. The van der Waals surface area contributed by atoms with Gasteiger partial charge in [-0.15, -0.1) is 0 Å². The van der Waals surface area contributed by atoms with Crippen molar-refractivity contribution in [2.24, 2.45) is 45.3 Å². The van der Waals surface area contributed by atoms with Gasteiger partial charge in [0, 0.05) is 16.5 Å². The molecule has 1 aliphatic heterocycles. The molecule has 0 aromatic heterocycles. The molecule has 10 atom stereocenters. The van der Waals surface area contributed by atoms with Crippen molar-refractivity contribution in [2.45, 2.75) is 143 Å². The van der Waals surface area contributed by atoms with Crippen molar-refractivity contribution in [1.29, 1.82) is 0 Å². The van der Waals surface area contributed by atoms with Crippen molar-refractivity contribution in [2.75, 3.05) is 0 Å². The fraction of sp³-hybridized carbons (Fsp3) is 0.833. The van der Waals surface area contributed by atoms with Crippen molar-refractivity contribution in [1.82, 2.24) is 0 Å². The summed E-state index contributed by atoms with van der Waals surface area (Å²) in [5.41, 5.74) is 1.98. The highest BCUT2D eigenvalue weighted by atomic mass is 32.3. The Hall–Kier alpha value is -1.31. The lowest BCUT2D eigenvalue weighted by atomic mass is 9.36. The molecule has 5 aliphatic carbocycles. The molecule has 0 bridgehead atoms. The van der Waals surface area contributed by atoms with Gasteiger partial charge < -0.3 is 14.0 Å². The van der Waals surface area contributed by atoms with Gasteiger partial charge in [-0.3, -0.25) is 4.55 Å². The zero-order valence-corrected chi connectivity index (χ0v) is 28.3. The molecule has 1 heterocycles. The molecule has 6 nitrogen and oxygen atoms in total. The van der Waals surface area contributed by atoms with Gasteiger partial charge in [0.05, 0.1) is 11.7 Å². The van der Waals surface area contributed by atoms with E-state index in [1.807, 2.05) is 0 Å². The standard InChI is InChI=1S/C36H54O6S/c1-31(2)15-8-16-36(7)25(31)11-18-34(5)27-12-17-33(4)26(32(27,3)20-14-29(34)41-36)13-19-35(6)28(33)21-22-23(37)9-10-24(30(22)35)42-43(38,39)40/h9-10,25-29,37H,8,11-21H2,1-7H3,(H,38,39,40)/t25-,26+,27+,28-,29-,32+,33+,34-,35-,36-/m0/s1. The van der Waals surface area contributed by atoms with E-state index in [2.05, 4.69) is 48.5 Å². The lowest BCUT2D eigenvalue weighted by Crippen LogP contribution is -2.64. The van der Waals surface area contributed by atoms with Crippen LogP contribution in [0.25, 0.3) is 0 Å². The lowest BCUT2D eigenvalue weighted by Gasteiger charge is -2.69. The van der Waals surface area contributed by atoms with Crippen LogP contribution in [0.2, 0.25) is 0 Å². The fourth-order valence-corrected chi connectivity index (χ4v) is 14.0. The highest BCUT2D eigenvalue weighted by Gasteiger charge is 2.69. The maximum absolute atomic E-state index is 11.8. The minimum atomic E-state index is -4.67. The Morgan fingerprint density at radius 1 is 0.767 bits per heavy atom. The van der Waals surface area contributed by atoms with Crippen LogP contribution in [0.5, 0.6) is 11.5 Å². The predicted molar refractivity (Wildman–Crippen MR) is 167 cm³/mol. The van der Waals surface area contributed by atoms with Gasteiger partial charge in [-0.25, -0.2) is 0 Å². The molecule has 43 heavy (non-hydrogen) atoms. The first-order chi connectivity index (χ1) is 19.9. The topological polar surface area (TPSA) is 93.1 Å². The van der Waals surface area contributed by atoms with Crippen molar-refractivity contribution in [3.63, 3.8) is 0 Å². The van der Waals surface area contributed by atoms with E-state index in [1.54, 1.807) is 0 Å². The van der Waals surface area contributed by atoms with Gasteiger partial charge >= 0.3 is 10.4 Å².